The molecule has 1 rings (SSSR count). The van der Waals surface area contributed by atoms with Crippen molar-refractivity contribution in [3.63, 3.8) is 0 Å². The van der Waals surface area contributed by atoms with Crippen LogP contribution in [0.3, 0.4) is 0 Å². The average molecular weight is 218 g/mol. The van der Waals surface area contributed by atoms with Crippen LogP contribution < -0.4 is 0 Å². The minimum absolute atomic E-state index is 0.127. The Hall–Kier alpha value is -1.57. The third-order valence-electron chi connectivity index (χ3n) is 2.56. The van der Waals surface area contributed by atoms with Gasteiger partial charge in [0.05, 0.1) is 0 Å². The van der Waals surface area contributed by atoms with Gasteiger partial charge in [0.2, 0.25) is 0 Å². The molecule has 0 N–H and O–H groups in total. The molecule has 0 unspecified atom stereocenters. The van der Waals surface area contributed by atoms with E-state index in [2.05, 4.69) is 6.58 Å². The Balaban J connectivity index is 2.87. The lowest BCUT2D eigenvalue weighted by atomic mass is 9.92. The van der Waals surface area contributed by atoms with Gasteiger partial charge in [-0.1, -0.05) is 43.8 Å². The zero-order valence-electron chi connectivity index (χ0n) is 10.1. The molecular weight excluding hydrogens is 200 g/mol. The lowest BCUT2D eigenvalue weighted by Gasteiger charge is -2.24. The van der Waals surface area contributed by atoms with E-state index in [1.54, 1.807) is 0 Å². The molecule has 0 fully saturated rings. The van der Waals surface area contributed by atoms with E-state index >= 15 is 0 Å². The number of hydrogen-bond donors (Lipinski definition) is 0. The van der Waals surface area contributed by atoms with E-state index in [1.165, 1.54) is 6.92 Å². The van der Waals surface area contributed by atoms with Crippen molar-refractivity contribution in [3.8, 4) is 0 Å². The van der Waals surface area contributed by atoms with Gasteiger partial charge in [-0.2, -0.15) is 0 Å². The average Bonchev–Trinajstić information content (AvgIpc) is 2.25. The molecule has 2 atom stereocenters. The number of ether oxygens (including phenoxy) is 1. The molecule has 0 saturated carbocycles. The molecule has 0 radical (unpaired) electrons. The van der Waals surface area contributed by atoms with Gasteiger partial charge in [0, 0.05) is 12.8 Å². The first-order chi connectivity index (χ1) is 7.52. The number of esters is 1. The zero-order valence-corrected chi connectivity index (χ0v) is 10.1. The van der Waals surface area contributed by atoms with Crippen molar-refractivity contribution in [1.29, 1.82) is 0 Å². The van der Waals surface area contributed by atoms with Gasteiger partial charge >= 0.3 is 5.97 Å². The van der Waals surface area contributed by atoms with Crippen molar-refractivity contribution in [2.45, 2.75) is 32.8 Å². The minimum atomic E-state index is -0.268. The van der Waals surface area contributed by atoms with Crippen molar-refractivity contribution in [3.05, 3.63) is 48.0 Å². The summed E-state index contributed by atoms with van der Waals surface area (Å²) in [6.07, 6.45) is -0.250. The molecule has 1 aromatic rings. The quantitative estimate of drug-likeness (QED) is 0.572. The van der Waals surface area contributed by atoms with Crippen LogP contribution >= 0.6 is 0 Å². The Morgan fingerprint density at radius 1 is 1.25 bits per heavy atom. The first kappa shape index (κ1) is 12.5. The molecule has 0 amide bonds. The van der Waals surface area contributed by atoms with Crippen LogP contribution in [0.2, 0.25) is 0 Å². The van der Waals surface area contributed by atoms with Gasteiger partial charge in [0.15, 0.2) is 0 Å². The summed E-state index contributed by atoms with van der Waals surface area (Å²) in [5.74, 6) is -0.140. The fourth-order valence-electron chi connectivity index (χ4n) is 1.74. The van der Waals surface area contributed by atoms with Crippen LogP contribution in [0.15, 0.2) is 42.5 Å². The molecule has 16 heavy (non-hydrogen) atoms. The molecule has 0 aromatic heterocycles. The highest BCUT2D eigenvalue weighted by Gasteiger charge is 2.22. The molecular formula is C14H18O2. The summed E-state index contributed by atoms with van der Waals surface area (Å²) in [4.78, 5) is 11.0. The normalized spacial score (nSPS) is 13.9. The first-order valence-electron chi connectivity index (χ1n) is 5.40. The number of rotatable bonds is 4. The number of carbonyl (C=O) groups excluding carboxylic acids is 1. The van der Waals surface area contributed by atoms with Crippen LogP contribution in [0, 0.1) is 0 Å². The Kier molecular flexibility index (Phi) is 4.29. The van der Waals surface area contributed by atoms with Gasteiger partial charge in [0.1, 0.15) is 6.10 Å². The third-order valence-corrected chi connectivity index (χ3v) is 2.56. The Bertz CT molecular complexity index is 368. The summed E-state index contributed by atoms with van der Waals surface area (Å²) < 4.78 is 5.29. The molecule has 0 aliphatic heterocycles. The van der Waals surface area contributed by atoms with Crippen molar-refractivity contribution in [2.24, 2.45) is 0 Å². The smallest absolute Gasteiger partial charge is 0.303 e. The highest BCUT2D eigenvalue weighted by Crippen LogP contribution is 2.25. The predicted molar refractivity (Wildman–Crippen MR) is 65.2 cm³/mol. The maximum Gasteiger partial charge on any atom is 0.303 e. The maximum absolute atomic E-state index is 11.0. The summed E-state index contributed by atoms with van der Waals surface area (Å²) in [6, 6.07) is 10.00. The lowest BCUT2D eigenvalue weighted by Crippen LogP contribution is -2.23. The van der Waals surface area contributed by atoms with E-state index in [1.807, 2.05) is 44.2 Å². The van der Waals surface area contributed by atoms with E-state index in [9.17, 15) is 4.79 Å². The standard InChI is InChI=1S/C14H18O2/c1-10(2)14(16-12(4)15)11(3)13-8-6-5-7-9-13/h5-9,11,14H,1H2,2-4H3/t11-,14+/m1/s1. The zero-order chi connectivity index (χ0) is 12.1. The van der Waals surface area contributed by atoms with Gasteiger partial charge in [-0.15, -0.1) is 0 Å². The molecule has 0 heterocycles. The van der Waals surface area contributed by atoms with E-state index < -0.39 is 0 Å². The van der Waals surface area contributed by atoms with Crippen LogP contribution in [0.5, 0.6) is 0 Å². The number of hydrogen-bond acceptors (Lipinski definition) is 2. The van der Waals surface area contributed by atoms with Crippen molar-refractivity contribution in [1.82, 2.24) is 0 Å². The van der Waals surface area contributed by atoms with Gasteiger partial charge in [-0.3, -0.25) is 4.79 Å². The van der Waals surface area contributed by atoms with E-state index in [0.29, 0.717) is 0 Å². The molecule has 0 saturated heterocycles. The summed E-state index contributed by atoms with van der Waals surface area (Å²) >= 11 is 0. The van der Waals surface area contributed by atoms with E-state index in [4.69, 9.17) is 4.74 Å². The molecule has 1 aromatic carbocycles. The van der Waals surface area contributed by atoms with Crippen LogP contribution in [-0.2, 0) is 9.53 Å². The summed E-state index contributed by atoms with van der Waals surface area (Å²) in [5, 5.41) is 0. The second-order valence-corrected chi connectivity index (χ2v) is 4.08. The fourth-order valence-corrected chi connectivity index (χ4v) is 1.74. The van der Waals surface area contributed by atoms with Gasteiger partial charge in [0.25, 0.3) is 0 Å². The van der Waals surface area contributed by atoms with Crippen molar-refractivity contribution < 1.29 is 9.53 Å². The summed E-state index contributed by atoms with van der Waals surface area (Å²) in [6.45, 7) is 9.22. The van der Waals surface area contributed by atoms with Gasteiger partial charge in [-0.05, 0) is 18.1 Å². The highest BCUT2D eigenvalue weighted by atomic mass is 16.5. The van der Waals surface area contributed by atoms with Crippen molar-refractivity contribution >= 4 is 5.97 Å². The molecule has 2 heteroatoms. The predicted octanol–water partition coefficient (Wildman–Crippen LogP) is 3.30. The first-order valence-corrected chi connectivity index (χ1v) is 5.40. The van der Waals surface area contributed by atoms with E-state index in [0.717, 1.165) is 11.1 Å². The van der Waals surface area contributed by atoms with Gasteiger partial charge in [-0.25, -0.2) is 0 Å². The minimum Gasteiger partial charge on any atom is -0.457 e. The second kappa shape index (κ2) is 5.50. The van der Waals surface area contributed by atoms with Crippen LogP contribution in [0.4, 0.5) is 0 Å². The molecule has 0 aliphatic rings. The number of carbonyl (C=O) groups is 1. The monoisotopic (exact) mass is 218 g/mol. The number of benzene rings is 1. The third kappa shape index (κ3) is 3.23. The molecule has 86 valence electrons. The Morgan fingerprint density at radius 2 is 1.81 bits per heavy atom. The topological polar surface area (TPSA) is 26.3 Å². The molecule has 0 aliphatic carbocycles. The SMILES string of the molecule is C=C(C)[C@H](OC(C)=O)[C@H](C)c1ccccc1. The van der Waals surface area contributed by atoms with E-state index in [-0.39, 0.29) is 18.0 Å². The molecule has 0 bridgehead atoms. The van der Waals surface area contributed by atoms with Crippen molar-refractivity contribution in [2.75, 3.05) is 0 Å². The Labute approximate surface area is 96.9 Å². The molecule has 2 nitrogen and oxygen atoms in total. The highest BCUT2D eigenvalue weighted by molar-refractivity contribution is 5.66. The molecule has 0 spiro atoms. The largest absolute Gasteiger partial charge is 0.457 e. The van der Waals surface area contributed by atoms with Gasteiger partial charge < -0.3 is 4.74 Å². The van der Waals surface area contributed by atoms with Crippen LogP contribution in [0.1, 0.15) is 32.3 Å². The summed E-state index contributed by atoms with van der Waals surface area (Å²) in [5.41, 5.74) is 2.02. The summed E-state index contributed by atoms with van der Waals surface area (Å²) in [7, 11) is 0. The second-order valence-electron chi connectivity index (χ2n) is 4.08. The van der Waals surface area contributed by atoms with Crippen LogP contribution in [-0.4, -0.2) is 12.1 Å². The lowest BCUT2D eigenvalue weighted by molar-refractivity contribution is -0.145. The fraction of sp³-hybridized carbons (Fsp3) is 0.357. The Morgan fingerprint density at radius 3 is 2.25 bits per heavy atom. The van der Waals surface area contributed by atoms with Crippen LogP contribution in [0.25, 0.3) is 0 Å². The maximum atomic E-state index is 11.0.